The van der Waals surface area contributed by atoms with E-state index in [1.165, 1.54) is 6.21 Å². The van der Waals surface area contributed by atoms with Crippen molar-refractivity contribution in [3.8, 4) is 0 Å². The molecule has 0 spiro atoms. The summed E-state index contributed by atoms with van der Waals surface area (Å²) in [5, 5.41) is 3.32. The van der Waals surface area contributed by atoms with Gasteiger partial charge in [0.1, 0.15) is 0 Å². The van der Waals surface area contributed by atoms with Crippen molar-refractivity contribution >= 4 is 6.21 Å². The largest absolute Gasteiger partial charge is 0.323 e. The fourth-order valence-corrected chi connectivity index (χ4v) is 0.635. The molecule has 0 aromatic rings. The molecule has 0 fully saturated rings. The highest BCUT2D eigenvalue weighted by molar-refractivity contribution is 5.71. The molecular formula is C11H16N2. The van der Waals surface area contributed by atoms with Crippen molar-refractivity contribution in [2.24, 2.45) is 10.9 Å². The molecule has 2 nitrogen and oxygen atoms in total. The van der Waals surface area contributed by atoms with Gasteiger partial charge in [0, 0.05) is 6.21 Å². The molecule has 0 unspecified atom stereocenters. The van der Waals surface area contributed by atoms with E-state index in [4.69, 9.17) is 5.84 Å². The van der Waals surface area contributed by atoms with Gasteiger partial charge in [-0.25, -0.2) is 0 Å². The third-order valence-corrected chi connectivity index (χ3v) is 1.21. The molecule has 0 amide bonds. The van der Waals surface area contributed by atoms with Gasteiger partial charge in [-0.1, -0.05) is 49.5 Å². The second-order valence-electron chi connectivity index (χ2n) is 2.29. The van der Waals surface area contributed by atoms with Crippen molar-refractivity contribution in [3.63, 3.8) is 0 Å². The Kier molecular flexibility index (Phi) is 9.17. The first kappa shape index (κ1) is 11.4. The summed E-state index contributed by atoms with van der Waals surface area (Å²) in [7, 11) is 0. The Bertz CT molecular complexity index is 232. The number of rotatable bonds is 5. The van der Waals surface area contributed by atoms with Gasteiger partial charge in [-0.05, 0) is 12.5 Å². The van der Waals surface area contributed by atoms with Gasteiger partial charge in [-0.3, -0.25) is 0 Å². The van der Waals surface area contributed by atoms with Crippen LogP contribution in [-0.4, -0.2) is 6.21 Å². The second-order valence-corrected chi connectivity index (χ2v) is 2.29. The molecule has 70 valence electrons. The normalized spacial score (nSPS) is 13.6. The van der Waals surface area contributed by atoms with Crippen LogP contribution in [-0.2, 0) is 0 Å². The Balaban J connectivity index is 3.62. The molecule has 0 aromatic heterocycles. The lowest BCUT2D eigenvalue weighted by Crippen LogP contribution is -1.76. The summed E-state index contributed by atoms with van der Waals surface area (Å²) >= 11 is 0. The molecule has 0 aliphatic heterocycles. The Morgan fingerprint density at radius 2 is 1.46 bits per heavy atom. The van der Waals surface area contributed by atoms with Gasteiger partial charge < -0.3 is 5.84 Å². The minimum atomic E-state index is 1.07. The molecule has 2 N–H and O–H groups in total. The predicted molar refractivity (Wildman–Crippen MR) is 59.5 cm³/mol. The number of hydrogen-bond donors (Lipinski definition) is 1. The Morgan fingerprint density at radius 3 is 2.00 bits per heavy atom. The molecular weight excluding hydrogens is 160 g/mol. The number of allylic oxidation sites excluding steroid dienone is 8. The average Bonchev–Trinajstić information content (AvgIpc) is 2.16. The van der Waals surface area contributed by atoms with E-state index in [0.717, 1.165) is 6.42 Å². The maximum absolute atomic E-state index is 4.90. The fourth-order valence-electron chi connectivity index (χ4n) is 0.635. The van der Waals surface area contributed by atoms with E-state index in [-0.39, 0.29) is 0 Å². The molecule has 0 atom stereocenters. The number of hydrogen-bond acceptors (Lipinski definition) is 2. The van der Waals surface area contributed by atoms with E-state index in [2.05, 4.69) is 18.1 Å². The molecule has 2 heteroatoms. The highest BCUT2D eigenvalue weighted by Gasteiger charge is 1.63. The summed E-state index contributed by atoms with van der Waals surface area (Å²) in [6.07, 6.45) is 18.2. The van der Waals surface area contributed by atoms with Crippen molar-refractivity contribution in [1.29, 1.82) is 0 Å². The zero-order chi connectivity index (χ0) is 9.78. The predicted octanol–water partition coefficient (Wildman–Crippen LogP) is 2.57. The van der Waals surface area contributed by atoms with Crippen LogP contribution in [0.5, 0.6) is 0 Å². The van der Waals surface area contributed by atoms with Crippen LogP contribution in [0.3, 0.4) is 0 Å². The SMILES string of the molecule is CC/C=C/C=C/C=C/C=C/C=N/N. The van der Waals surface area contributed by atoms with Gasteiger partial charge in [-0.15, -0.1) is 0 Å². The van der Waals surface area contributed by atoms with E-state index in [0.29, 0.717) is 0 Å². The van der Waals surface area contributed by atoms with Crippen molar-refractivity contribution < 1.29 is 0 Å². The van der Waals surface area contributed by atoms with Crippen LogP contribution in [0, 0.1) is 0 Å². The minimum absolute atomic E-state index is 1.07. The molecule has 0 aromatic carbocycles. The summed E-state index contributed by atoms with van der Waals surface area (Å²) in [5.74, 6) is 4.90. The van der Waals surface area contributed by atoms with Crippen LogP contribution < -0.4 is 5.84 Å². The second kappa shape index (κ2) is 10.4. The summed E-state index contributed by atoms with van der Waals surface area (Å²) in [6.45, 7) is 2.11. The van der Waals surface area contributed by atoms with Crippen LogP contribution in [0.15, 0.2) is 53.7 Å². The third kappa shape index (κ3) is 10.4. The van der Waals surface area contributed by atoms with Crippen LogP contribution in [0.4, 0.5) is 0 Å². The van der Waals surface area contributed by atoms with Gasteiger partial charge in [0.2, 0.25) is 0 Å². The molecule has 0 radical (unpaired) electrons. The maximum atomic E-state index is 4.90. The monoisotopic (exact) mass is 176 g/mol. The molecule has 0 bridgehead atoms. The number of hydrazone groups is 1. The van der Waals surface area contributed by atoms with Crippen LogP contribution in [0.2, 0.25) is 0 Å². The highest BCUT2D eigenvalue weighted by atomic mass is 15.1. The van der Waals surface area contributed by atoms with Gasteiger partial charge in [0.25, 0.3) is 0 Å². The molecule has 13 heavy (non-hydrogen) atoms. The Morgan fingerprint density at radius 1 is 0.923 bits per heavy atom. The number of nitrogens with zero attached hydrogens (tertiary/aromatic N) is 1. The van der Waals surface area contributed by atoms with Crippen molar-refractivity contribution in [2.45, 2.75) is 13.3 Å². The topological polar surface area (TPSA) is 38.4 Å². The van der Waals surface area contributed by atoms with Crippen LogP contribution >= 0.6 is 0 Å². The van der Waals surface area contributed by atoms with Gasteiger partial charge in [0.05, 0.1) is 0 Å². The quantitative estimate of drug-likeness (QED) is 0.297. The Hall–Kier alpha value is -1.57. The van der Waals surface area contributed by atoms with Crippen molar-refractivity contribution in [1.82, 2.24) is 0 Å². The van der Waals surface area contributed by atoms with E-state index >= 15 is 0 Å². The van der Waals surface area contributed by atoms with Gasteiger partial charge in [-0.2, -0.15) is 5.10 Å². The summed E-state index contributed by atoms with van der Waals surface area (Å²) in [6, 6.07) is 0. The zero-order valence-corrected chi connectivity index (χ0v) is 7.93. The van der Waals surface area contributed by atoms with E-state index < -0.39 is 0 Å². The first-order valence-electron chi connectivity index (χ1n) is 4.30. The van der Waals surface area contributed by atoms with Crippen LogP contribution in [0.1, 0.15) is 13.3 Å². The lowest BCUT2D eigenvalue weighted by Gasteiger charge is -1.74. The molecule has 0 saturated heterocycles. The summed E-state index contributed by atoms with van der Waals surface area (Å²) in [4.78, 5) is 0. The van der Waals surface area contributed by atoms with E-state index in [1.807, 2.05) is 36.5 Å². The van der Waals surface area contributed by atoms with Crippen LogP contribution in [0.25, 0.3) is 0 Å². The van der Waals surface area contributed by atoms with Gasteiger partial charge in [0.15, 0.2) is 0 Å². The molecule has 0 heterocycles. The highest BCUT2D eigenvalue weighted by Crippen LogP contribution is 1.83. The smallest absolute Gasteiger partial charge is 0.0465 e. The maximum Gasteiger partial charge on any atom is 0.0465 e. The molecule has 0 saturated carbocycles. The number of nitrogens with two attached hydrogens (primary N) is 1. The zero-order valence-electron chi connectivity index (χ0n) is 7.93. The molecule has 0 rings (SSSR count). The standard InChI is InChI=1S/C11H16N2/c1-2-3-4-5-6-7-8-9-10-11-13-12/h3-11H,2,12H2,1H3/b4-3+,6-5+,8-7+,10-9+,13-11+. The lowest BCUT2D eigenvalue weighted by molar-refractivity contribution is 1.22. The first-order valence-corrected chi connectivity index (χ1v) is 4.30. The molecule has 0 aliphatic rings. The first-order chi connectivity index (χ1) is 6.41. The van der Waals surface area contributed by atoms with Crippen molar-refractivity contribution in [2.75, 3.05) is 0 Å². The molecule has 0 aliphatic carbocycles. The summed E-state index contributed by atoms with van der Waals surface area (Å²) < 4.78 is 0. The lowest BCUT2D eigenvalue weighted by atomic mass is 10.3. The Labute approximate surface area is 79.8 Å². The average molecular weight is 176 g/mol. The fraction of sp³-hybridized carbons (Fsp3) is 0.182. The van der Waals surface area contributed by atoms with E-state index in [9.17, 15) is 0 Å². The third-order valence-electron chi connectivity index (χ3n) is 1.21. The minimum Gasteiger partial charge on any atom is -0.323 e. The summed E-state index contributed by atoms with van der Waals surface area (Å²) in [5.41, 5.74) is 0. The van der Waals surface area contributed by atoms with Gasteiger partial charge >= 0.3 is 0 Å². The van der Waals surface area contributed by atoms with Crippen molar-refractivity contribution in [3.05, 3.63) is 48.6 Å². The van der Waals surface area contributed by atoms with E-state index in [1.54, 1.807) is 6.08 Å².